The van der Waals surface area contributed by atoms with Crippen LogP contribution < -0.4 is 5.32 Å². The molecule has 0 heterocycles. The van der Waals surface area contributed by atoms with Crippen molar-refractivity contribution >= 4 is 15.9 Å². The van der Waals surface area contributed by atoms with E-state index in [-0.39, 0.29) is 5.82 Å². The molecule has 82 valence electrons. The van der Waals surface area contributed by atoms with Crippen LogP contribution in [0.25, 0.3) is 0 Å². The van der Waals surface area contributed by atoms with Crippen molar-refractivity contribution in [3.8, 4) is 0 Å². The predicted octanol–water partition coefficient (Wildman–Crippen LogP) is 3.48. The lowest BCUT2D eigenvalue weighted by Gasteiger charge is -2.13. The normalized spacial score (nSPS) is 17.8. The molecule has 1 nitrogen and oxygen atoms in total. The van der Waals surface area contributed by atoms with Gasteiger partial charge in [0, 0.05) is 22.6 Å². The van der Waals surface area contributed by atoms with E-state index < -0.39 is 0 Å². The van der Waals surface area contributed by atoms with Crippen molar-refractivity contribution in [3.05, 3.63) is 34.1 Å². The Bertz CT molecular complexity index is 349. The summed E-state index contributed by atoms with van der Waals surface area (Å²) in [6.45, 7) is 2.80. The van der Waals surface area contributed by atoms with E-state index in [4.69, 9.17) is 0 Å². The molecule has 1 atom stereocenters. The number of hydrogen-bond donors (Lipinski definition) is 1. The number of rotatable bonds is 4. The van der Waals surface area contributed by atoms with Crippen LogP contribution in [-0.2, 0) is 6.54 Å². The van der Waals surface area contributed by atoms with Crippen LogP contribution in [0.5, 0.6) is 0 Å². The molecule has 0 aliphatic heterocycles. The molecular formula is C12H15BrFN. The van der Waals surface area contributed by atoms with Gasteiger partial charge in [0.2, 0.25) is 0 Å². The number of hydrogen-bond acceptors (Lipinski definition) is 1. The Balaban J connectivity index is 1.92. The van der Waals surface area contributed by atoms with Crippen LogP contribution in [0, 0.1) is 11.7 Å². The molecule has 0 aromatic heterocycles. The molecule has 1 aliphatic rings. The zero-order chi connectivity index (χ0) is 10.8. The van der Waals surface area contributed by atoms with Crippen LogP contribution in [-0.4, -0.2) is 6.04 Å². The third kappa shape index (κ3) is 3.02. The quantitative estimate of drug-likeness (QED) is 0.884. The Labute approximate surface area is 98.2 Å². The highest BCUT2D eigenvalue weighted by Crippen LogP contribution is 2.32. The van der Waals surface area contributed by atoms with Crippen LogP contribution in [0.15, 0.2) is 22.7 Å². The van der Waals surface area contributed by atoms with Crippen LogP contribution in [0.1, 0.15) is 25.3 Å². The molecule has 2 rings (SSSR count). The minimum Gasteiger partial charge on any atom is -0.310 e. The first-order chi connectivity index (χ1) is 7.16. The largest absolute Gasteiger partial charge is 0.310 e. The Kier molecular flexibility index (Phi) is 3.42. The van der Waals surface area contributed by atoms with E-state index in [0.717, 1.165) is 16.0 Å². The third-order valence-corrected chi connectivity index (χ3v) is 3.45. The zero-order valence-corrected chi connectivity index (χ0v) is 10.3. The second kappa shape index (κ2) is 4.62. The van der Waals surface area contributed by atoms with Gasteiger partial charge in [-0.05, 0) is 37.8 Å². The molecule has 1 aliphatic carbocycles. The van der Waals surface area contributed by atoms with Crippen molar-refractivity contribution in [3.63, 3.8) is 0 Å². The molecule has 0 amide bonds. The summed E-state index contributed by atoms with van der Waals surface area (Å²) in [5.74, 6) is 0.670. The van der Waals surface area contributed by atoms with E-state index >= 15 is 0 Å². The Hall–Kier alpha value is -0.410. The number of benzene rings is 1. The van der Waals surface area contributed by atoms with Gasteiger partial charge in [-0.2, -0.15) is 0 Å². The van der Waals surface area contributed by atoms with Crippen molar-refractivity contribution in [2.75, 3.05) is 0 Å². The smallest absolute Gasteiger partial charge is 0.128 e. The summed E-state index contributed by atoms with van der Waals surface area (Å²) < 4.78 is 14.2. The van der Waals surface area contributed by atoms with Crippen LogP contribution in [0.4, 0.5) is 4.39 Å². The molecule has 0 radical (unpaired) electrons. The van der Waals surface area contributed by atoms with Crippen molar-refractivity contribution in [2.45, 2.75) is 32.4 Å². The molecule has 15 heavy (non-hydrogen) atoms. The van der Waals surface area contributed by atoms with Gasteiger partial charge in [-0.3, -0.25) is 0 Å². The molecule has 0 saturated heterocycles. The molecule has 1 aromatic carbocycles. The predicted molar refractivity (Wildman–Crippen MR) is 63.1 cm³/mol. The standard InChI is InChI=1S/C12H15BrFN/c1-8(9-2-3-9)15-7-10-4-5-11(13)6-12(10)14/h4-6,8-9,15H,2-3,7H2,1H3. The highest BCUT2D eigenvalue weighted by molar-refractivity contribution is 9.10. The van der Waals surface area contributed by atoms with Crippen molar-refractivity contribution in [1.82, 2.24) is 5.32 Å². The van der Waals surface area contributed by atoms with Gasteiger partial charge in [-0.25, -0.2) is 4.39 Å². The fourth-order valence-corrected chi connectivity index (χ4v) is 2.03. The maximum absolute atomic E-state index is 13.4. The third-order valence-electron chi connectivity index (χ3n) is 2.96. The number of nitrogens with one attached hydrogen (secondary N) is 1. The molecule has 1 aromatic rings. The number of halogens is 2. The molecular weight excluding hydrogens is 257 g/mol. The average molecular weight is 272 g/mol. The van der Waals surface area contributed by atoms with Gasteiger partial charge < -0.3 is 5.32 Å². The van der Waals surface area contributed by atoms with Crippen molar-refractivity contribution < 1.29 is 4.39 Å². The Morgan fingerprint density at radius 2 is 2.27 bits per heavy atom. The van der Waals surface area contributed by atoms with Gasteiger partial charge in [-0.1, -0.05) is 22.0 Å². The lowest BCUT2D eigenvalue weighted by Crippen LogP contribution is -2.27. The Morgan fingerprint density at radius 3 is 2.87 bits per heavy atom. The van der Waals surface area contributed by atoms with E-state index in [0.29, 0.717) is 12.6 Å². The van der Waals surface area contributed by atoms with Crippen LogP contribution in [0.2, 0.25) is 0 Å². The lowest BCUT2D eigenvalue weighted by atomic mass is 10.1. The molecule has 0 spiro atoms. The highest BCUT2D eigenvalue weighted by Gasteiger charge is 2.27. The molecule has 1 saturated carbocycles. The first-order valence-corrected chi connectivity index (χ1v) is 6.13. The van der Waals surface area contributed by atoms with E-state index in [1.165, 1.54) is 18.9 Å². The second-order valence-electron chi connectivity index (χ2n) is 4.24. The summed E-state index contributed by atoms with van der Waals surface area (Å²) in [5, 5.41) is 3.37. The van der Waals surface area contributed by atoms with E-state index in [2.05, 4.69) is 28.2 Å². The van der Waals surface area contributed by atoms with Gasteiger partial charge in [0.05, 0.1) is 0 Å². The minimum absolute atomic E-state index is 0.139. The monoisotopic (exact) mass is 271 g/mol. The second-order valence-corrected chi connectivity index (χ2v) is 5.16. The molecule has 1 unspecified atom stereocenters. The van der Waals surface area contributed by atoms with Crippen molar-refractivity contribution in [2.24, 2.45) is 5.92 Å². The van der Waals surface area contributed by atoms with Gasteiger partial charge in [0.15, 0.2) is 0 Å². The summed E-state index contributed by atoms with van der Waals surface area (Å²) in [4.78, 5) is 0. The lowest BCUT2D eigenvalue weighted by molar-refractivity contribution is 0.485. The van der Waals surface area contributed by atoms with Gasteiger partial charge in [0.1, 0.15) is 5.82 Å². The molecule has 1 N–H and O–H groups in total. The fourth-order valence-electron chi connectivity index (χ4n) is 1.70. The van der Waals surface area contributed by atoms with Crippen LogP contribution >= 0.6 is 15.9 Å². The van der Waals surface area contributed by atoms with E-state index in [1.54, 1.807) is 0 Å². The topological polar surface area (TPSA) is 12.0 Å². The Morgan fingerprint density at radius 1 is 1.53 bits per heavy atom. The summed E-state index contributed by atoms with van der Waals surface area (Å²) in [5.41, 5.74) is 0.741. The summed E-state index contributed by atoms with van der Waals surface area (Å²) in [7, 11) is 0. The van der Waals surface area contributed by atoms with Gasteiger partial charge in [0.25, 0.3) is 0 Å². The maximum atomic E-state index is 13.4. The fraction of sp³-hybridized carbons (Fsp3) is 0.500. The highest BCUT2D eigenvalue weighted by atomic mass is 79.9. The summed E-state index contributed by atoms with van der Waals surface area (Å²) >= 11 is 3.25. The molecule has 1 fully saturated rings. The average Bonchev–Trinajstić information content (AvgIpc) is 2.99. The maximum Gasteiger partial charge on any atom is 0.128 e. The SMILES string of the molecule is CC(NCc1ccc(Br)cc1F)C1CC1. The van der Waals surface area contributed by atoms with E-state index in [1.807, 2.05) is 12.1 Å². The summed E-state index contributed by atoms with van der Waals surface area (Å²) in [6.07, 6.45) is 2.63. The first kappa shape index (κ1) is 11.1. The van der Waals surface area contributed by atoms with Gasteiger partial charge >= 0.3 is 0 Å². The first-order valence-electron chi connectivity index (χ1n) is 5.34. The summed E-state index contributed by atoms with van der Waals surface area (Å²) in [6, 6.07) is 5.72. The van der Waals surface area contributed by atoms with Gasteiger partial charge in [-0.15, -0.1) is 0 Å². The zero-order valence-electron chi connectivity index (χ0n) is 8.76. The molecule has 3 heteroatoms. The van der Waals surface area contributed by atoms with Crippen molar-refractivity contribution in [1.29, 1.82) is 0 Å². The van der Waals surface area contributed by atoms with Crippen LogP contribution in [0.3, 0.4) is 0 Å². The minimum atomic E-state index is -0.139. The van der Waals surface area contributed by atoms with E-state index in [9.17, 15) is 4.39 Å². The molecule has 0 bridgehead atoms.